The van der Waals surface area contributed by atoms with Gasteiger partial charge in [-0.2, -0.15) is 4.31 Å². The van der Waals surface area contributed by atoms with Gasteiger partial charge >= 0.3 is 0 Å². The molecule has 1 saturated heterocycles. The van der Waals surface area contributed by atoms with Gasteiger partial charge in [-0.3, -0.25) is 4.79 Å². The van der Waals surface area contributed by atoms with Crippen LogP contribution in [0.5, 0.6) is 0 Å². The molecule has 1 amide bonds. The zero-order chi connectivity index (χ0) is 14.5. The van der Waals surface area contributed by atoms with Gasteiger partial charge in [-0.1, -0.05) is 11.6 Å². The van der Waals surface area contributed by atoms with E-state index >= 15 is 0 Å². The Kier molecular flexibility index (Phi) is 3.23. The molecule has 1 N–H and O–H groups in total. The lowest BCUT2D eigenvalue weighted by Crippen LogP contribution is -2.34. The summed E-state index contributed by atoms with van der Waals surface area (Å²) in [4.78, 5) is 15.5. The standard InChI is InChI=1S/C12H14ClN3O3S/c1-14-12(17)11-8-5-16(6-9(8)11)20(18,19)7-2-3-10(13)15-4-7/h2-4,8-9,11H,5-6H2,1H3,(H,14,17)/t8-,9+,11+. The van der Waals surface area contributed by atoms with E-state index in [4.69, 9.17) is 11.6 Å². The summed E-state index contributed by atoms with van der Waals surface area (Å²) < 4.78 is 26.2. The highest BCUT2D eigenvalue weighted by atomic mass is 35.5. The highest BCUT2D eigenvalue weighted by Gasteiger charge is 2.61. The molecule has 1 saturated carbocycles. The molecule has 0 radical (unpaired) electrons. The van der Waals surface area contributed by atoms with Gasteiger partial charge in [-0.15, -0.1) is 0 Å². The third-order valence-electron chi connectivity index (χ3n) is 4.05. The smallest absolute Gasteiger partial charge is 0.244 e. The summed E-state index contributed by atoms with van der Waals surface area (Å²) in [7, 11) is -1.93. The zero-order valence-corrected chi connectivity index (χ0v) is 12.4. The van der Waals surface area contributed by atoms with Gasteiger partial charge in [0.25, 0.3) is 0 Å². The number of amides is 1. The van der Waals surface area contributed by atoms with Gasteiger partial charge in [0.2, 0.25) is 15.9 Å². The van der Waals surface area contributed by atoms with Crippen LogP contribution in [0.2, 0.25) is 5.15 Å². The van der Waals surface area contributed by atoms with Crippen LogP contribution in [0.4, 0.5) is 0 Å². The van der Waals surface area contributed by atoms with E-state index in [1.165, 1.54) is 22.6 Å². The largest absolute Gasteiger partial charge is 0.359 e. The number of hydrogen-bond donors (Lipinski definition) is 1. The van der Waals surface area contributed by atoms with E-state index in [2.05, 4.69) is 10.3 Å². The SMILES string of the molecule is CNC(=O)[C@H]1[C@@H]2CN(S(=O)(=O)c3ccc(Cl)nc3)C[C@@H]21. The Hall–Kier alpha value is -1.18. The Bertz CT molecular complexity index is 634. The lowest BCUT2D eigenvalue weighted by Gasteiger charge is -2.19. The predicted octanol–water partition coefficient (Wildman–Crippen LogP) is 0.347. The van der Waals surface area contributed by atoms with Gasteiger partial charge in [-0.25, -0.2) is 13.4 Å². The number of carbonyl (C=O) groups excluding carboxylic acids is 1. The first-order valence-electron chi connectivity index (χ1n) is 6.28. The Morgan fingerprint density at radius 1 is 1.40 bits per heavy atom. The van der Waals surface area contributed by atoms with E-state index in [1.807, 2.05) is 0 Å². The van der Waals surface area contributed by atoms with E-state index in [0.29, 0.717) is 13.1 Å². The maximum absolute atomic E-state index is 12.4. The first-order valence-corrected chi connectivity index (χ1v) is 8.10. The van der Waals surface area contributed by atoms with Crippen molar-refractivity contribution in [1.29, 1.82) is 0 Å². The highest BCUT2D eigenvalue weighted by molar-refractivity contribution is 7.89. The summed E-state index contributed by atoms with van der Waals surface area (Å²) in [6.07, 6.45) is 1.26. The minimum atomic E-state index is -3.53. The fourth-order valence-electron chi connectivity index (χ4n) is 2.90. The number of nitrogens with one attached hydrogen (secondary N) is 1. The molecule has 1 aliphatic carbocycles. The van der Waals surface area contributed by atoms with E-state index in [9.17, 15) is 13.2 Å². The molecule has 2 heterocycles. The molecule has 1 aromatic rings. The molecule has 1 aromatic heterocycles. The van der Waals surface area contributed by atoms with Crippen molar-refractivity contribution in [2.75, 3.05) is 20.1 Å². The number of nitrogens with zero attached hydrogens (tertiary/aromatic N) is 2. The number of hydrogen-bond acceptors (Lipinski definition) is 4. The van der Waals surface area contributed by atoms with Gasteiger partial charge in [0, 0.05) is 32.3 Å². The third kappa shape index (κ3) is 2.10. The number of halogens is 1. The van der Waals surface area contributed by atoms with Crippen molar-refractivity contribution in [1.82, 2.24) is 14.6 Å². The molecule has 8 heteroatoms. The molecule has 0 aromatic carbocycles. The second-order valence-corrected chi connectivity index (χ2v) is 7.43. The summed E-state index contributed by atoms with van der Waals surface area (Å²) in [6, 6.07) is 2.91. The maximum atomic E-state index is 12.4. The fraction of sp³-hybridized carbons (Fsp3) is 0.500. The van der Waals surface area contributed by atoms with Crippen molar-refractivity contribution < 1.29 is 13.2 Å². The lowest BCUT2D eigenvalue weighted by molar-refractivity contribution is -0.122. The van der Waals surface area contributed by atoms with Crippen LogP contribution in [0.15, 0.2) is 23.2 Å². The number of fused-ring (bicyclic) bond motifs is 1. The number of piperidine rings is 1. The molecule has 0 unspecified atom stereocenters. The minimum absolute atomic E-state index is 0.00482. The van der Waals surface area contributed by atoms with E-state index < -0.39 is 10.0 Å². The van der Waals surface area contributed by atoms with Crippen LogP contribution in [0.25, 0.3) is 0 Å². The Morgan fingerprint density at radius 2 is 2.05 bits per heavy atom. The number of rotatable bonds is 3. The normalized spacial score (nSPS) is 29.0. The van der Waals surface area contributed by atoms with Crippen LogP contribution in [0.1, 0.15) is 0 Å². The zero-order valence-electron chi connectivity index (χ0n) is 10.8. The summed E-state index contributed by atoms with van der Waals surface area (Å²) in [5.74, 6) is 0.259. The van der Waals surface area contributed by atoms with Crippen molar-refractivity contribution >= 4 is 27.5 Å². The molecule has 0 spiro atoms. The van der Waals surface area contributed by atoms with Crippen LogP contribution in [-0.4, -0.2) is 43.8 Å². The molecule has 2 fully saturated rings. The van der Waals surface area contributed by atoms with Crippen LogP contribution in [0, 0.1) is 17.8 Å². The Morgan fingerprint density at radius 3 is 2.55 bits per heavy atom. The number of aromatic nitrogens is 1. The summed E-state index contributed by atoms with van der Waals surface area (Å²) in [5, 5.41) is 2.87. The second-order valence-electron chi connectivity index (χ2n) is 5.11. The average molecular weight is 316 g/mol. The maximum Gasteiger partial charge on any atom is 0.244 e. The fourth-order valence-corrected chi connectivity index (χ4v) is 4.48. The van der Waals surface area contributed by atoms with Crippen molar-refractivity contribution in [2.45, 2.75) is 4.90 Å². The minimum Gasteiger partial charge on any atom is -0.359 e. The number of pyridine rings is 1. The summed E-state index contributed by atoms with van der Waals surface area (Å²) in [6.45, 7) is 0.793. The second kappa shape index (κ2) is 4.68. The molecule has 1 aliphatic heterocycles. The third-order valence-corrected chi connectivity index (χ3v) is 6.09. The number of sulfonamides is 1. The molecule has 3 rings (SSSR count). The number of carbonyl (C=O) groups is 1. The van der Waals surface area contributed by atoms with Gasteiger partial charge < -0.3 is 5.32 Å². The van der Waals surface area contributed by atoms with Crippen molar-refractivity contribution in [3.05, 3.63) is 23.5 Å². The van der Waals surface area contributed by atoms with Crippen LogP contribution >= 0.6 is 11.6 Å². The average Bonchev–Trinajstić information content (AvgIpc) is 2.92. The predicted molar refractivity (Wildman–Crippen MR) is 72.5 cm³/mol. The monoisotopic (exact) mass is 315 g/mol. The molecular formula is C12H14ClN3O3S. The molecule has 6 nitrogen and oxygen atoms in total. The van der Waals surface area contributed by atoms with Crippen molar-refractivity contribution in [3.8, 4) is 0 Å². The molecule has 2 aliphatic rings. The van der Waals surface area contributed by atoms with E-state index in [-0.39, 0.29) is 33.7 Å². The van der Waals surface area contributed by atoms with Crippen molar-refractivity contribution in [2.24, 2.45) is 17.8 Å². The van der Waals surface area contributed by atoms with E-state index in [0.717, 1.165) is 0 Å². The van der Waals surface area contributed by atoms with Gasteiger partial charge in [0.1, 0.15) is 10.0 Å². The molecule has 3 atom stereocenters. The quantitative estimate of drug-likeness (QED) is 0.816. The highest BCUT2D eigenvalue weighted by Crippen LogP contribution is 2.52. The Labute approximate surface area is 122 Å². The van der Waals surface area contributed by atoms with Gasteiger partial charge in [-0.05, 0) is 24.0 Å². The van der Waals surface area contributed by atoms with E-state index in [1.54, 1.807) is 7.05 Å². The Balaban J connectivity index is 1.74. The molecule has 108 valence electrons. The molecule has 0 bridgehead atoms. The summed E-state index contributed by atoms with van der Waals surface area (Å²) in [5.41, 5.74) is 0. The van der Waals surface area contributed by atoms with Crippen molar-refractivity contribution in [3.63, 3.8) is 0 Å². The first kappa shape index (κ1) is 13.8. The molecule has 20 heavy (non-hydrogen) atoms. The molecular weight excluding hydrogens is 302 g/mol. The van der Waals surface area contributed by atoms with Gasteiger partial charge in [0.15, 0.2) is 0 Å². The first-order chi connectivity index (χ1) is 9.45. The van der Waals surface area contributed by atoms with Gasteiger partial charge in [0.05, 0.1) is 0 Å². The van der Waals surface area contributed by atoms with Crippen LogP contribution < -0.4 is 5.32 Å². The van der Waals surface area contributed by atoms with Crippen LogP contribution in [-0.2, 0) is 14.8 Å². The van der Waals surface area contributed by atoms with Crippen LogP contribution in [0.3, 0.4) is 0 Å². The topological polar surface area (TPSA) is 79.4 Å². The lowest BCUT2D eigenvalue weighted by atomic mass is 10.2. The summed E-state index contributed by atoms with van der Waals surface area (Å²) >= 11 is 5.66.